The summed E-state index contributed by atoms with van der Waals surface area (Å²) in [5, 5.41) is 47.6. The lowest BCUT2D eigenvalue weighted by atomic mass is 9.98. The van der Waals surface area contributed by atoms with Crippen molar-refractivity contribution in [1.29, 1.82) is 0 Å². The lowest BCUT2D eigenvalue weighted by molar-refractivity contribution is -0.301. The average Bonchev–Trinajstić information content (AvgIpc) is 2.55. The van der Waals surface area contributed by atoms with Crippen LogP contribution in [0.4, 0.5) is 0 Å². The second-order valence-corrected chi connectivity index (χ2v) is 5.33. The molecule has 2 rings (SSSR count). The minimum Gasteiger partial charge on any atom is -0.481 e. The predicted octanol–water partition coefficient (Wildman–Crippen LogP) is -1.33. The van der Waals surface area contributed by atoms with Crippen LogP contribution in [0.25, 0.3) is 0 Å². The fourth-order valence-corrected chi connectivity index (χ4v) is 2.39. The van der Waals surface area contributed by atoms with Crippen LogP contribution in [0.15, 0.2) is 30.3 Å². The molecule has 1 aromatic rings. The van der Waals surface area contributed by atoms with Gasteiger partial charge in [-0.25, -0.2) is 0 Å². The highest BCUT2D eigenvalue weighted by Gasteiger charge is 2.44. The van der Waals surface area contributed by atoms with Gasteiger partial charge in [0.2, 0.25) is 0 Å². The quantitative estimate of drug-likeness (QED) is 0.433. The molecule has 1 aliphatic heterocycles. The number of ether oxygens (including phenoxy) is 2. The molecule has 0 spiro atoms. The van der Waals surface area contributed by atoms with Crippen LogP contribution in [0.2, 0.25) is 0 Å². The lowest BCUT2D eigenvalue weighted by Crippen LogP contribution is -2.59. The van der Waals surface area contributed by atoms with Crippen molar-refractivity contribution in [2.24, 2.45) is 0 Å². The average molecular weight is 328 g/mol. The van der Waals surface area contributed by atoms with Crippen LogP contribution < -0.4 is 0 Å². The van der Waals surface area contributed by atoms with Gasteiger partial charge in [0.15, 0.2) is 6.29 Å². The maximum atomic E-state index is 11.4. The number of carboxylic acid groups (broad SMARTS) is 1. The Kier molecular flexibility index (Phi) is 6.05. The fourth-order valence-electron chi connectivity index (χ4n) is 2.39. The van der Waals surface area contributed by atoms with E-state index in [1.807, 2.05) is 0 Å². The zero-order chi connectivity index (χ0) is 17.0. The number of hydrogen-bond acceptors (Lipinski definition) is 7. The van der Waals surface area contributed by atoms with Gasteiger partial charge in [0.1, 0.15) is 30.3 Å². The van der Waals surface area contributed by atoms with Gasteiger partial charge in [0.25, 0.3) is 0 Å². The summed E-state index contributed by atoms with van der Waals surface area (Å²) < 4.78 is 10.5. The van der Waals surface area contributed by atoms with E-state index in [0.717, 1.165) is 0 Å². The molecule has 0 radical (unpaired) electrons. The van der Waals surface area contributed by atoms with E-state index < -0.39 is 49.2 Å². The van der Waals surface area contributed by atoms with Crippen LogP contribution in [0, 0.1) is 0 Å². The third-order valence-corrected chi connectivity index (χ3v) is 3.78. The maximum absolute atomic E-state index is 11.4. The Morgan fingerprint density at radius 2 is 1.78 bits per heavy atom. The van der Waals surface area contributed by atoms with Crippen LogP contribution in [0.3, 0.4) is 0 Å². The molecule has 0 amide bonds. The Hall–Kier alpha value is -1.55. The van der Waals surface area contributed by atoms with Crippen molar-refractivity contribution >= 4 is 5.97 Å². The van der Waals surface area contributed by atoms with E-state index in [-0.39, 0.29) is 6.61 Å². The number of aliphatic hydroxyl groups is 4. The molecule has 1 heterocycles. The summed E-state index contributed by atoms with van der Waals surface area (Å²) in [5.41, 5.74) is 0.518. The van der Waals surface area contributed by atoms with E-state index in [4.69, 9.17) is 14.6 Å². The molecule has 1 fully saturated rings. The van der Waals surface area contributed by atoms with Gasteiger partial charge in [0, 0.05) is 0 Å². The SMILES string of the molecule is O=C(O)[C@@H](CO[C@H]1O[C@@H](CO)[C@H](O)[C@@H](O)[C@@H]1O)c1ccccc1. The smallest absolute Gasteiger partial charge is 0.313 e. The van der Waals surface area contributed by atoms with Gasteiger partial charge >= 0.3 is 5.97 Å². The summed E-state index contributed by atoms with van der Waals surface area (Å²) in [5.74, 6) is -2.09. The van der Waals surface area contributed by atoms with Crippen molar-refractivity contribution in [2.75, 3.05) is 13.2 Å². The zero-order valence-corrected chi connectivity index (χ0v) is 12.2. The molecule has 128 valence electrons. The minimum atomic E-state index is -1.56. The number of carbonyl (C=O) groups is 1. The van der Waals surface area contributed by atoms with E-state index >= 15 is 0 Å². The Morgan fingerprint density at radius 3 is 2.35 bits per heavy atom. The third kappa shape index (κ3) is 4.05. The molecular formula is C15H20O8. The largest absolute Gasteiger partial charge is 0.481 e. The van der Waals surface area contributed by atoms with E-state index in [2.05, 4.69) is 0 Å². The standard InChI is InChI=1S/C15H20O8/c16-6-10-11(17)12(18)13(19)15(23-10)22-7-9(14(20)21)8-4-2-1-3-5-8/h1-5,9-13,15-19H,6-7H2,(H,20,21)/t9-,10-,11-,12+,13-,15-/m0/s1. The van der Waals surface area contributed by atoms with Crippen molar-refractivity contribution < 1.29 is 39.8 Å². The number of aliphatic hydroxyl groups excluding tert-OH is 4. The van der Waals surface area contributed by atoms with E-state index in [0.29, 0.717) is 5.56 Å². The lowest BCUT2D eigenvalue weighted by Gasteiger charge is -2.39. The highest BCUT2D eigenvalue weighted by Crippen LogP contribution is 2.24. The Morgan fingerprint density at radius 1 is 1.13 bits per heavy atom. The summed E-state index contributed by atoms with van der Waals surface area (Å²) in [7, 11) is 0. The second-order valence-electron chi connectivity index (χ2n) is 5.33. The van der Waals surface area contributed by atoms with Crippen LogP contribution in [0.5, 0.6) is 0 Å². The van der Waals surface area contributed by atoms with Gasteiger partial charge in [0.05, 0.1) is 13.2 Å². The highest BCUT2D eigenvalue weighted by molar-refractivity contribution is 5.76. The molecular weight excluding hydrogens is 308 g/mol. The van der Waals surface area contributed by atoms with Crippen molar-refractivity contribution in [3.05, 3.63) is 35.9 Å². The first-order chi connectivity index (χ1) is 11.0. The maximum Gasteiger partial charge on any atom is 0.313 e. The number of rotatable bonds is 6. The van der Waals surface area contributed by atoms with Gasteiger partial charge in [-0.2, -0.15) is 0 Å². The van der Waals surface area contributed by atoms with Gasteiger partial charge in [-0.3, -0.25) is 4.79 Å². The third-order valence-electron chi connectivity index (χ3n) is 3.78. The van der Waals surface area contributed by atoms with Gasteiger partial charge < -0.3 is 35.0 Å². The van der Waals surface area contributed by atoms with Crippen molar-refractivity contribution in [1.82, 2.24) is 0 Å². The Bertz CT molecular complexity index is 505. The molecule has 0 aliphatic carbocycles. The summed E-state index contributed by atoms with van der Waals surface area (Å²) in [4.78, 5) is 11.4. The first-order valence-corrected chi connectivity index (χ1v) is 7.15. The molecule has 8 nitrogen and oxygen atoms in total. The molecule has 0 unspecified atom stereocenters. The Balaban J connectivity index is 2.04. The van der Waals surface area contributed by atoms with Gasteiger partial charge in [-0.15, -0.1) is 0 Å². The first-order valence-electron chi connectivity index (χ1n) is 7.15. The molecule has 0 bridgehead atoms. The monoisotopic (exact) mass is 328 g/mol. The van der Waals surface area contributed by atoms with Crippen LogP contribution >= 0.6 is 0 Å². The molecule has 0 aromatic heterocycles. The predicted molar refractivity (Wildman–Crippen MR) is 76.5 cm³/mol. The number of hydrogen-bond donors (Lipinski definition) is 5. The molecule has 5 N–H and O–H groups in total. The minimum absolute atomic E-state index is 0.304. The molecule has 6 atom stereocenters. The number of benzene rings is 1. The summed E-state index contributed by atoms with van der Waals surface area (Å²) >= 11 is 0. The van der Waals surface area contributed by atoms with E-state index in [1.165, 1.54) is 0 Å². The van der Waals surface area contributed by atoms with Crippen molar-refractivity contribution in [3.63, 3.8) is 0 Å². The summed E-state index contributed by atoms with van der Waals surface area (Å²) in [6.45, 7) is -0.881. The topological polar surface area (TPSA) is 137 Å². The summed E-state index contributed by atoms with van der Waals surface area (Å²) in [6.07, 6.45) is -7.06. The number of aliphatic carboxylic acids is 1. The van der Waals surface area contributed by atoms with Crippen LogP contribution in [0.1, 0.15) is 11.5 Å². The Labute approximate surface area is 132 Å². The van der Waals surface area contributed by atoms with E-state index in [9.17, 15) is 25.2 Å². The van der Waals surface area contributed by atoms with Crippen LogP contribution in [-0.2, 0) is 14.3 Å². The van der Waals surface area contributed by atoms with E-state index in [1.54, 1.807) is 30.3 Å². The molecule has 1 aliphatic rings. The summed E-state index contributed by atoms with van der Waals surface area (Å²) in [6, 6.07) is 8.41. The zero-order valence-electron chi connectivity index (χ0n) is 12.2. The molecule has 1 saturated heterocycles. The molecule has 1 aromatic carbocycles. The molecule has 0 saturated carbocycles. The second kappa shape index (κ2) is 7.82. The van der Waals surface area contributed by atoms with Gasteiger partial charge in [-0.1, -0.05) is 30.3 Å². The van der Waals surface area contributed by atoms with Crippen molar-refractivity contribution in [3.8, 4) is 0 Å². The number of carboxylic acids is 1. The molecule has 23 heavy (non-hydrogen) atoms. The van der Waals surface area contributed by atoms with Crippen molar-refractivity contribution in [2.45, 2.75) is 36.6 Å². The van der Waals surface area contributed by atoms with Gasteiger partial charge in [-0.05, 0) is 5.56 Å². The molecule has 8 heteroatoms. The first kappa shape index (κ1) is 17.8. The normalized spacial score (nSPS) is 32.4. The fraction of sp³-hybridized carbons (Fsp3) is 0.533. The highest BCUT2D eigenvalue weighted by atomic mass is 16.7. The van der Waals surface area contributed by atoms with Crippen LogP contribution in [-0.4, -0.2) is 75.4 Å².